The Morgan fingerprint density at radius 1 is 1.20 bits per heavy atom. The number of guanidine groups is 1. The van der Waals surface area contributed by atoms with Crippen molar-refractivity contribution in [1.82, 2.24) is 10.6 Å². The van der Waals surface area contributed by atoms with E-state index in [9.17, 15) is 0 Å². The van der Waals surface area contributed by atoms with Gasteiger partial charge in [-0.2, -0.15) is 0 Å². The van der Waals surface area contributed by atoms with E-state index >= 15 is 0 Å². The van der Waals surface area contributed by atoms with Crippen molar-refractivity contribution in [3.05, 3.63) is 64.4 Å². The highest BCUT2D eigenvalue weighted by molar-refractivity contribution is 7.10. The van der Waals surface area contributed by atoms with Crippen LogP contribution in [0.4, 0.5) is 5.69 Å². The summed E-state index contributed by atoms with van der Waals surface area (Å²) in [5, 5.41) is 8.96. The van der Waals surface area contributed by atoms with Gasteiger partial charge in [-0.25, -0.2) is 0 Å². The van der Waals surface area contributed by atoms with E-state index in [4.69, 9.17) is 0 Å². The summed E-state index contributed by atoms with van der Waals surface area (Å²) in [6.07, 6.45) is 4.43. The van der Waals surface area contributed by atoms with Gasteiger partial charge in [0.1, 0.15) is 0 Å². The van der Waals surface area contributed by atoms with Crippen LogP contribution in [0.5, 0.6) is 0 Å². The minimum atomic E-state index is 0.476. The number of anilines is 1. The van der Waals surface area contributed by atoms with E-state index in [1.54, 1.807) is 11.3 Å². The second-order valence-electron chi connectivity index (χ2n) is 6.27. The van der Waals surface area contributed by atoms with Gasteiger partial charge >= 0.3 is 0 Å². The smallest absolute Gasteiger partial charge is 0.191 e. The molecule has 1 unspecified atom stereocenters. The maximum atomic E-state index is 4.33. The van der Waals surface area contributed by atoms with Crippen molar-refractivity contribution < 1.29 is 0 Å². The molecule has 0 saturated heterocycles. The molecule has 0 amide bonds. The maximum absolute atomic E-state index is 4.33. The quantitative estimate of drug-likeness (QED) is 0.473. The topological polar surface area (TPSA) is 39.7 Å². The van der Waals surface area contributed by atoms with Gasteiger partial charge in [-0.3, -0.25) is 4.99 Å². The molecule has 3 rings (SSSR count). The van der Waals surface area contributed by atoms with Crippen LogP contribution in [-0.4, -0.2) is 32.6 Å². The number of rotatable bonds is 6. The van der Waals surface area contributed by atoms with Crippen LogP contribution in [0, 0.1) is 0 Å². The Morgan fingerprint density at radius 3 is 2.76 bits per heavy atom. The second kappa shape index (κ2) is 8.72. The van der Waals surface area contributed by atoms with Gasteiger partial charge in [0, 0.05) is 49.7 Å². The molecule has 1 aromatic carbocycles. The zero-order chi connectivity index (χ0) is 17.5. The van der Waals surface area contributed by atoms with Gasteiger partial charge in [0.15, 0.2) is 5.96 Å². The Bertz CT molecular complexity index is 713. The lowest BCUT2D eigenvalue weighted by molar-refractivity contribution is 0.708. The van der Waals surface area contributed by atoms with E-state index in [0.717, 1.165) is 32.1 Å². The second-order valence-corrected chi connectivity index (χ2v) is 7.25. The Kier molecular flexibility index (Phi) is 6.12. The van der Waals surface area contributed by atoms with E-state index in [-0.39, 0.29) is 0 Å². The molecule has 0 spiro atoms. The fourth-order valence-electron chi connectivity index (χ4n) is 2.88. The van der Waals surface area contributed by atoms with Crippen molar-refractivity contribution in [2.24, 2.45) is 4.99 Å². The zero-order valence-corrected chi connectivity index (χ0v) is 15.7. The third-order valence-electron chi connectivity index (χ3n) is 4.38. The number of benzene rings is 1. The predicted octanol–water partition coefficient (Wildman–Crippen LogP) is 3.59. The van der Waals surface area contributed by atoms with E-state index < -0.39 is 0 Å². The summed E-state index contributed by atoms with van der Waals surface area (Å²) in [6, 6.07) is 13.0. The summed E-state index contributed by atoms with van der Waals surface area (Å²) in [4.78, 5) is 8.09. The average molecular weight is 355 g/mol. The number of nitrogens with one attached hydrogen (secondary N) is 2. The normalized spacial score (nSPS) is 15.4. The molecule has 2 N–H and O–H groups in total. The van der Waals surface area contributed by atoms with Crippen molar-refractivity contribution in [1.29, 1.82) is 0 Å². The minimum Gasteiger partial charge on any atom is -0.364 e. The van der Waals surface area contributed by atoms with Gasteiger partial charge in [-0.05, 0) is 29.1 Å². The third kappa shape index (κ3) is 4.86. The Labute approximate surface area is 154 Å². The number of hydrogen-bond acceptors (Lipinski definition) is 3. The van der Waals surface area contributed by atoms with Crippen LogP contribution in [0.3, 0.4) is 0 Å². The van der Waals surface area contributed by atoms with Gasteiger partial charge in [-0.15, -0.1) is 11.3 Å². The molecule has 5 heteroatoms. The molecular formula is C20H26N4S. The fraction of sp³-hybridized carbons (Fsp3) is 0.350. The standard InChI is InChI=1S/C20H26N4S/c1-16(19-9-6-12-25-19)14-22-20(21-2)23-15-17-7-5-8-18(13-17)24-10-3-4-11-24/h3-9,12-13,16H,10-11,14-15H2,1-2H3,(H2,21,22,23). The van der Waals surface area contributed by atoms with Gasteiger partial charge in [-0.1, -0.05) is 37.3 Å². The third-order valence-corrected chi connectivity index (χ3v) is 5.49. The lowest BCUT2D eigenvalue weighted by Gasteiger charge is -2.19. The summed E-state index contributed by atoms with van der Waals surface area (Å²) in [6.45, 7) is 5.88. The first-order chi connectivity index (χ1) is 12.3. The van der Waals surface area contributed by atoms with E-state index in [1.165, 1.54) is 16.1 Å². The number of hydrogen-bond donors (Lipinski definition) is 2. The first-order valence-electron chi connectivity index (χ1n) is 8.73. The highest BCUT2D eigenvalue weighted by atomic mass is 32.1. The first kappa shape index (κ1) is 17.5. The van der Waals surface area contributed by atoms with Crippen LogP contribution in [0.1, 0.15) is 23.3 Å². The van der Waals surface area contributed by atoms with Crippen molar-refractivity contribution in [3.63, 3.8) is 0 Å². The molecule has 2 aromatic rings. The number of aliphatic imine (C=N–C) groups is 1. The largest absolute Gasteiger partial charge is 0.364 e. The minimum absolute atomic E-state index is 0.476. The van der Waals surface area contributed by atoms with E-state index in [1.807, 2.05) is 7.05 Å². The number of thiophene rings is 1. The summed E-state index contributed by atoms with van der Waals surface area (Å²) in [5.41, 5.74) is 2.54. The maximum Gasteiger partial charge on any atom is 0.191 e. The Balaban J connectivity index is 1.50. The van der Waals surface area contributed by atoms with E-state index in [2.05, 4.69) is 81.4 Å². The highest BCUT2D eigenvalue weighted by Crippen LogP contribution is 2.20. The van der Waals surface area contributed by atoms with Gasteiger partial charge in [0.05, 0.1) is 0 Å². The molecule has 0 radical (unpaired) electrons. The van der Waals surface area contributed by atoms with Crippen molar-refractivity contribution >= 4 is 23.0 Å². The van der Waals surface area contributed by atoms with Crippen molar-refractivity contribution in [2.75, 3.05) is 31.6 Å². The molecule has 132 valence electrons. The first-order valence-corrected chi connectivity index (χ1v) is 9.61. The molecule has 0 saturated carbocycles. The zero-order valence-electron chi connectivity index (χ0n) is 14.9. The molecule has 1 aliphatic heterocycles. The summed E-state index contributed by atoms with van der Waals surface area (Å²) in [7, 11) is 1.82. The molecule has 25 heavy (non-hydrogen) atoms. The molecule has 4 nitrogen and oxygen atoms in total. The lowest BCUT2D eigenvalue weighted by Crippen LogP contribution is -2.38. The van der Waals surface area contributed by atoms with Crippen LogP contribution in [-0.2, 0) is 6.54 Å². The predicted molar refractivity (Wildman–Crippen MR) is 109 cm³/mol. The molecule has 0 aliphatic carbocycles. The Morgan fingerprint density at radius 2 is 2.04 bits per heavy atom. The monoisotopic (exact) mass is 354 g/mol. The molecular weight excluding hydrogens is 328 g/mol. The SMILES string of the molecule is CN=C(NCc1cccc(N2CC=CC2)c1)NCC(C)c1cccs1. The van der Waals surface area contributed by atoms with Gasteiger partial charge in [0.2, 0.25) is 0 Å². The van der Waals surface area contributed by atoms with E-state index in [0.29, 0.717) is 5.92 Å². The molecule has 0 bridgehead atoms. The molecule has 1 aliphatic rings. The van der Waals surface area contributed by atoms with Crippen molar-refractivity contribution in [3.8, 4) is 0 Å². The lowest BCUT2D eigenvalue weighted by atomic mass is 10.1. The average Bonchev–Trinajstić information content (AvgIpc) is 3.35. The number of nitrogens with zero attached hydrogens (tertiary/aromatic N) is 2. The van der Waals surface area contributed by atoms with Gasteiger partial charge < -0.3 is 15.5 Å². The molecule has 0 fully saturated rings. The molecule has 2 heterocycles. The van der Waals surface area contributed by atoms with Crippen LogP contribution in [0.15, 0.2) is 58.9 Å². The molecule has 1 aromatic heterocycles. The highest BCUT2D eigenvalue weighted by Gasteiger charge is 2.09. The van der Waals surface area contributed by atoms with Crippen LogP contribution < -0.4 is 15.5 Å². The fourth-order valence-corrected chi connectivity index (χ4v) is 3.67. The van der Waals surface area contributed by atoms with Crippen LogP contribution in [0.25, 0.3) is 0 Å². The summed E-state index contributed by atoms with van der Waals surface area (Å²) >= 11 is 1.80. The summed E-state index contributed by atoms with van der Waals surface area (Å²) < 4.78 is 0. The van der Waals surface area contributed by atoms with Crippen LogP contribution in [0.2, 0.25) is 0 Å². The Hall–Kier alpha value is -2.27. The molecule has 1 atom stereocenters. The summed E-state index contributed by atoms with van der Waals surface area (Å²) in [5.74, 6) is 1.32. The van der Waals surface area contributed by atoms with Crippen LogP contribution >= 0.6 is 11.3 Å². The van der Waals surface area contributed by atoms with Crippen molar-refractivity contribution in [2.45, 2.75) is 19.4 Å². The van der Waals surface area contributed by atoms with Gasteiger partial charge in [0.25, 0.3) is 0 Å².